The van der Waals surface area contributed by atoms with Crippen LogP contribution in [0.5, 0.6) is 11.5 Å². The zero-order valence-electron chi connectivity index (χ0n) is 13.7. The summed E-state index contributed by atoms with van der Waals surface area (Å²) in [5.74, 6) is 1.21. The molecule has 0 fully saturated rings. The lowest BCUT2D eigenvalue weighted by Crippen LogP contribution is -2.12. The van der Waals surface area contributed by atoms with E-state index in [1.165, 1.54) is 0 Å². The maximum atomic E-state index is 6.01. The molecule has 126 valence electrons. The fourth-order valence-corrected chi connectivity index (χ4v) is 2.60. The van der Waals surface area contributed by atoms with Crippen molar-refractivity contribution in [2.24, 2.45) is 5.73 Å². The Morgan fingerprint density at radius 3 is 1.84 bits per heavy atom. The van der Waals surface area contributed by atoms with Gasteiger partial charge in [-0.2, -0.15) is 0 Å². The average molecular weight is 349 g/mol. The van der Waals surface area contributed by atoms with Crippen LogP contribution in [0.3, 0.4) is 0 Å². The summed E-state index contributed by atoms with van der Waals surface area (Å²) in [5.41, 5.74) is 8.68. The Balaban J connectivity index is 1.81. The van der Waals surface area contributed by atoms with Gasteiger partial charge in [-0.15, -0.1) is 0 Å². The lowest BCUT2D eigenvalue weighted by atomic mass is 10.1. The summed E-state index contributed by atoms with van der Waals surface area (Å²) in [6, 6.07) is 25.5. The third-order valence-corrected chi connectivity index (χ3v) is 3.93. The molecule has 0 aliphatic heterocycles. The maximum absolute atomic E-state index is 6.01. The molecule has 3 rings (SSSR count). The van der Waals surface area contributed by atoms with Gasteiger partial charge in [0.25, 0.3) is 0 Å². The van der Waals surface area contributed by atoms with Crippen LogP contribution in [-0.2, 0) is 13.2 Å². The Bertz CT molecular complexity index is 835. The predicted molar refractivity (Wildman–Crippen MR) is 104 cm³/mol. The Morgan fingerprint density at radius 1 is 0.720 bits per heavy atom. The van der Waals surface area contributed by atoms with E-state index in [0.717, 1.165) is 11.1 Å². The number of rotatable bonds is 7. The van der Waals surface area contributed by atoms with Gasteiger partial charge >= 0.3 is 0 Å². The summed E-state index contributed by atoms with van der Waals surface area (Å²) in [6.45, 7) is 0.867. The molecule has 3 nitrogen and oxygen atoms in total. The maximum Gasteiger partial charge on any atom is 0.171 e. The fourth-order valence-electron chi connectivity index (χ4n) is 2.44. The standard InChI is InChI=1S/C21H19NO2S/c22-21(25)18-12-7-13-19(23-14-16-8-3-1-4-9-16)20(18)24-15-17-10-5-2-6-11-17/h1-13H,14-15H2,(H2,22,25). The molecule has 0 amide bonds. The van der Waals surface area contributed by atoms with Crippen molar-refractivity contribution in [1.29, 1.82) is 0 Å². The molecule has 0 heterocycles. The minimum Gasteiger partial charge on any atom is -0.485 e. The highest BCUT2D eigenvalue weighted by molar-refractivity contribution is 7.80. The number of ether oxygens (including phenoxy) is 2. The second-order valence-electron chi connectivity index (χ2n) is 5.55. The molecule has 2 N–H and O–H groups in total. The molecule has 0 aliphatic rings. The lowest BCUT2D eigenvalue weighted by Gasteiger charge is -2.16. The van der Waals surface area contributed by atoms with Crippen LogP contribution in [0, 0.1) is 0 Å². The second-order valence-corrected chi connectivity index (χ2v) is 5.99. The number of thiocarbonyl (C=S) groups is 1. The molecule has 0 atom stereocenters. The molecule has 4 heteroatoms. The highest BCUT2D eigenvalue weighted by atomic mass is 32.1. The van der Waals surface area contributed by atoms with E-state index in [0.29, 0.717) is 30.3 Å². The highest BCUT2D eigenvalue weighted by Gasteiger charge is 2.14. The van der Waals surface area contributed by atoms with Crippen molar-refractivity contribution >= 4 is 17.2 Å². The number of hydrogen-bond acceptors (Lipinski definition) is 3. The molecule has 0 aliphatic carbocycles. The van der Waals surface area contributed by atoms with Crippen molar-refractivity contribution in [3.63, 3.8) is 0 Å². The zero-order chi connectivity index (χ0) is 17.5. The van der Waals surface area contributed by atoms with E-state index < -0.39 is 0 Å². The van der Waals surface area contributed by atoms with Crippen LogP contribution in [0.15, 0.2) is 78.9 Å². The minimum atomic E-state index is 0.285. The Hall–Kier alpha value is -2.85. The number of para-hydroxylation sites is 1. The van der Waals surface area contributed by atoms with Crippen LogP contribution in [0.25, 0.3) is 0 Å². The van der Waals surface area contributed by atoms with Gasteiger partial charge in [0.2, 0.25) is 0 Å². The van der Waals surface area contributed by atoms with Crippen LogP contribution in [0.4, 0.5) is 0 Å². The van der Waals surface area contributed by atoms with Gasteiger partial charge in [-0.05, 0) is 23.3 Å². The van der Waals surface area contributed by atoms with Gasteiger partial charge in [0, 0.05) is 0 Å². The Kier molecular flexibility index (Phi) is 5.65. The van der Waals surface area contributed by atoms with Crippen LogP contribution in [0.2, 0.25) is 0 Å². The monoisotopic (exact) mass is 349 g/mol. The quantitative estimate of drug-likeness (QED) is 0.639. The molecule has 0 radical (unpaired) electrons. The molecule has 0 aromatic heterocycles. The smallest absolute Gasteiger partial charge is 0.171 e. The van der Waals surface area contributed by atoms with Crippen LogP contribution in [0.1, 0.15) is 16.7 Å². The van der Waals surface area contributed by atoms with Gasteiger partial charge < -0.3 is 15.2 Å². The molecule has 25 heavy (non-hydrogen) atoms. The SMILES string of the molecule is NC(=S)c1cccc(OCc2ccccc2)c1OCc1ccccc1. The first-order chi connectivity index (χ1) is 12.2. The van der Waals surface area contributed by atoms with Crippen molar-refractivity contribution in [1.82, 2.24) is 0 Å². The van der Waals surface area contributed by atoms with Gasteiger partial charge in [0.05, 0.1) is 5.56 Å². The normalized spacial score (nSPS) is 10.2. The van der Waals surface area contributed by atoms with E-state index in [1.54, 1.807) is 0 Å². The fraction of sp³-hybridized carbons (Fsp3) is 0.0952. The number of nitrogens with two attached hydrogens (primary N) is 1. The molecular formula is C21H19NO2S. The molecule has 0 saturated heterocycles. The first-order valence-corrected chi connectivity index (χ1v) is 8.41. The minimum absolute atomic E-state index is 0.285. The molecule has 0 saturated carbocycles. The van der Waals surface area contributed by atoms with E-state index in [9.17, 15) is 0 Å². The van der Waals surface area contributed by atoms with Crippen molar-refractivity contribution in [3.8, 4) is 11.5 Å². The van der Waals surface area contributed by atoms with Crippen LogP contribution < -0.4 is 15.2 Å². The van der Waals surface area contributed by atoms with Crippen LogP contribution in [-0.4, -0.2) is 4.99 Å². The molecule has 3 aromatic rings. The van der Waals surface area contributed by atoms with Gasteiger partial charge in [-0.3, -0.25) is 0 Å². The zero-order valence-corrected chi connectivity index (χ0v) is 14.5. The third kappa shape index (κ3) is 4.58. The van der Waals surface area contributed by atoms with E-state index in [2.05, 4.69) is 0 Å². The summed E-state index contributed by atoms with van der Waals surface area (Å²) in [4.78, 5) is 0.285. The largest absolute Gasteiger partial charge is 0.485 e. The molecule has 0 unspecified atom stereocenters. The molecular weight excluding hydrogens is 330 g/mol. The van der Waals surface area contributed by atoms with Crippen molar-refractivity contribution in [3.05, 3.63) is 95.6 Å². The van der Waals surface area contributed by atoms with Crippen molar-refractivity contribution in [2.75, 3.05) is 0 Å². The average Bonchev–Trinajstić information content (AvgIpc) is 2.66. The van der Waals surface area contributed by atoms with Crippen molar-refractivity contribution < 1.29 is 9.47 Å². The van der Waals surface area contributed by atoms with Gasteiger partial charge in [0.1, 0.15) is 18.2 Å². The number of benzene rings is 3. The molecule has 3 aromatic carbocycles. The van der Waals surface area contributed by atoms with E-state index >= 15 is 0 Å². The summed E-state index contributed by atoms with van der Waals surface area (Å²) in [6.07, 6.45) is 0. The second kappa shape index (κ2) is 8.31. The Labute approximate surface area is 153 Å². The Morgan fingerprint density at radius 2 is 1.28 bits per heavy atom. The van der Waals surface area contributed by atoms with Crippen molar-refractivity contribution in [2.45, 2.75) is 13.2 Å². The van der Waals surface area contributed by atoms with Gasteiger partial charge in [-0.25, -0.2) is 0 Å². The topological polar surface area (TPSA) is 44.5 Å². The first kappa shape index (κ1) is 17.0. The highest BCUT2D eigenvalue weighted by Crippen LogP contribution is 2.32. The van der Waals surface area contributed by atoms with E-state index in [4.69, 9.17) is 27.4 Å². The van der Waals surface area contributed by atoms with E-state index in [1.807, 2.05) is 78.9 Å². The summed E-state index contributed by atoms with van der Waals surface area (Å²) < 4.78 is 12.0. The van der Waals surface area contributed by atoms with Gasteiger partial charge in [-0.1, -0.05) is 78.9 Å². The van der Waals surface area contributed by atoms with Crippen LogP contribution >= 0.6 is 12.2 Å². The van der Waals surface area contributed by atoms with Gasteiger partial charge in [0.15, 0.2) is 11.5 Å². The lowest BCUT2D eigenvalue weighted by molar-refractivity contribution is 0.255. The summed E-state index contributed by atoms with van der Waals surface area (Å²) >= 11 is 5.16. The summed E-state index contributed by atoms with van der Waals surface area (Å²) in [7, 11) is 0. The first-order valence-electron chi connectivity index (χ1n) is 8.00. The third-order valence-electron chi connectivity index (χ3n) is 3.71. The predicted octanol–water partition coefficient (Wildman–Crippen LogP) is 4.48. The van der Waals surface area contributed by atoms with E-state index in [-0.39, 0.29) is 4.99 Å². The molecule has 0 bridgehead atoms. The number of hydrogen-bond donors (Lipinski definition) is 1. The molecule has 0 spiro atoms. The summed E-state index contributed by atoms with van der Waals surface area (Å²) in [5, 5.41) is 0.